The zero-order valence-corrected chi connectivity index (χ0v) is 16.7. The van der Waals surface area contributed by atoms with E-state index in [4.69, 9.17) is 0 Å². The lowest BCUT2D eigenvalue weighted by Gasteiger charge is -2.31. The molecule has 0 radical (unpaired) electrons. The second-order valence-corrected chi connectivity index (χ2v) is 7.45. The number of nitrogens with one attached hydrogen (secondary N) is 2. The van der Waals surface area contributed by atoms with Gasteiger partial charge in [-0.15, -0.1) is 0 Å². The molecular weight excluding hydrogens is 385 g/mol. The Morgan fingerprint density at radius 3 is 3.07 bits per heavy atom. The van der Waals surface area contributed by atoms with E-state index in [0.717, 1.165) is 19.0 Å². The van der Waals surface area contributed by atoms with E-state index in [1.165, 1.54) is 11.6 Å². The van der Waals surface area contributed by atoms with Crippen molar-refractivity contribution in [3.8, 4) is 11.8 Å². The number of carboxylic acid groups (broad SMARTS) is 1. The van der Waals surface area contributed by atoms with Crippen molar-refractivity contribution in [1.29, 1.82) is 0 Å². The second kappa shape index (κ2) is 8.03. The van der Waals surface area contributed by atoms with E-state index >= 15 is 0 Å². The number of hydrogen-bond acceptors (Lipinski definition) is 4. The van der Waals surface area contributed by atoms with Crippen molar-refractivity contribution < 1.29 is 14.3 Å². The van der Waals surface area contributed by atoms with E-state index in [2.05, 4.69) is 32.2 Å². The molecule has 30 heavy (non-hydrogen) atoms. The Kier molecular flexibility index (Phi) is 5.27. The van der Waals surface area contributed by atoms with Crippen LogP contribution in [0.1, 0.15) is 37.4 Å². The first-order chi connectivity index (χ1) is 14.4. The number of aromatic nitrogens is 4. The lowest BCUT2D eigenvalue weighted by Crippen LogP contribution is -2.37. The number of halogens is 1. The molecule has 0 bridgehead atoms. The third-order valence-electron chi connectivity index (χ3n) is 5.45. The number of allylic oxidation sites excluding steroid dienone is 2. The number of hydrogen-bond donors (Lipinski definition) is 3. The van der Waals surface area contributed by atoms with Crippen LogP contribution in [0.2, 0.25) is 0 Å². The number of rotatable bonds is 3. The molecule has 2 atom stereocenters. The summed E-state index contributed by atoms with van der Waals surface area (Å²) in [6.45, 7) is 1.95. The molecule has 3 N–H and O–H groups in total. The number of H-pyrrole nitrogens is 1. The number of anilines is 1. The van der Waals surface area contributed by atoms with Gasteiger partial charge in [-0.05, 0) is 38.2 Å². The Bertz CT molecular complexity index is 1200. The Balaban J connectivity index is 1.61. The number of aromatic amines is 1. The molecule has 1 aliphatic carbocycles. The predicted molar refractivity (Wildman–Crippen MR) is 111 cm³/mol. The van der Waals surface area contributed by atoms with Gasteiger partial charge in [-0.25, -0.2) is 9.37 Å². The third kappa shape index (κ3) is 3.92. The van der Waals surface area contributed by atoms with Gasteiger partial charge in [-0.2, -0.15) is 5.10 Å². The number of aliphatic carboxylic acids is 1. The van der Waals surface area contributed by atoms with Crippen LogP contribution in [0, 0.1) is 23.6 Å². The SMILES string of the molecule is C/C=C1\CC[C@H](Nc2cn(C)nc2C#Cc2c[nH]c3ncc(F)cc23)[C@@H](C(=O)O)C1. The van der Waals surface area contributed by atoms with Gasteiger partial charge in [0.1, 0.15) is 11.5 Å². The maximum atomic E-state index is 13.5. The van der Waals surface area contributed by atoms with Gasteiger partial charge in [0.25, 0.3) is 0 Å². The fourth-order valence-corrected chi connectivity index (χ4v) is 3.86. The molecule has 1 saturated carbocycles. The Morgan fingerprint density at radius 2 is 2.30 bits per heavy atom. The van der Waals surface area contributed by atoms with Crippen LogP contribution in [0.3, 0.4) is 0 Å². The largest absolute Gasteiger partial charge is 0.481 e. The fourth-order valence-electron chi connectivity index (χ4n) is 3.86. The van der Waals surface area contributed by atoms with Crippen LogP contribution in [-0.2, 0) is 11.8 Å². The van der Waals surface area contributed by atoms with E-state index in [0.29, 0.717) is 34.4 Å². The average molecular weight is 407 g/mol. The Labute approximate surface area is 173 Å². The summed E-state index contributed by atoms with van der Waals surface area (Å²) in [4.78, 5) is 18.8. The second-order valence-electron chi connectivity index (χ2n) is 7.45. The summed E-state index contributed by atoms with van der Waals surface area (Å²) < 4.78 is 15.2. The van der Waals surface area contributed by atoms with Crippen LogP contribution >= 0.6 is 0 Å². The maximum Gasteiger partial charge on any atom is 0.308 e. The van der Waals surface area contributed by atoms with Crippen molar-refractivity contribution in [2.45, 2.75) is 32.2 Å². The van der Waals surface area contributed by atoms with Crippen molar-refractivity contribution in [2.24, 2.45) is 13.0 Å². The van der Waals surface area contributed by atoms with Crippen molar-refractivity contribution in [3.05, 3.63) is 53.4 Å². The standard InChI is InChI=1S/C22H22FN5O2/c1-3-13-4-6-18(17(8-13)22(29)30)26-20-12-28(2)27-19(20)7-5-14-10-24-21-16(14)9-15(23)11-25-21/h3,9-12,17-18,26H,4,6,8H2,1-2H3,(H,24,25)(H,29,30)/b13-3+/t17-,18-/m0/s1. The van der Waals surface area contributed by atoms with Crippen molar-refractivity contribution >= 4 is 22.7 Å². The number of carbonyl (C=O) groups is 1. The zero-order valence-electron chi connectivity index (χ0n) is 16.7. The lowest BCUT2D eigenvalue weighted by molar-refractivity contribution is -0.142. The van der Waals surface area contributed by atoms with Gasteiger partial charge in [0.05, 0.1) is 23.4 Å². The highest BCUT2D eigenvalue weighted by atomic mass is 19.1. The number of pyridine rings is 1. The summed E-state index contributed by atoms with van der Waals surface area (Å²) in [5.74, 6) is 4.31. The fraction of sp³-hybridized carbons (Fsp3) is 0.318. The number of nitrogens with zero attached hydrogens (tertiary/aromatic N) is 3. The number of aryl methyl sites for hydroxylation is 1. The summed E-state index contributed by atoms with van der Waals surface area (Å²) in [5, 5.41) is 18.0. The van der Waals surface area contributed by atoms with Crippen LogP contribution < -0.4 is 5.32 Å². The highest BCUT2D eigenvalue weighted by Crippen LogP contribution is 2.32. The molecule has 154 valence electrons. The minimum absolute atomic E-state index is 0.206. The quantitative estimate of drug-likeness (QED) is 0.457. The Morgan fingerprint density at radius 1 is 1.47 bits per heavy atom. The minimum Gasteiger partial charge on any atom is -0.481 e. The van der Waals surface area contributed by atoms with Crippen LogP contribution in [0.25, 0.3) is 11.0 Å². The molecule has 1 fully saturated rings. The molecule has 0 aromatic carbocycles. The molecule has 4 rings (SSSR count). The summed E-state index contributed by atoms with van der Waals surface area (Å²) in [6.07, 6.45) is 8.77. The van der Waals surface area contributed by atoms with Crippen LogP contribution in [0.15, 0.2) is 36.3 Å². The highest BCUT2D eigenvalue weighted by molar-refractivity contribution is 5.83. The molecule has 8 heteroatoms. The summed E-state index contributed by atoms with van der Waals surface area (Å²) in [7, 11) is 1.79. The number of carboxylic acids is 1. The molecule has 1 aliphatic rings. The lowest BCUT2D eigenvalue weighted by atomic mass is 9.81. The van der Waals surface area contributed by atoms with Crippen LogP contribution in [0.4, 0.5) is 10.1 Å². The smallest absolute Gasteiger partial charge is 0.308 e. The average Bonchev–Trinajstić information content (AvgIpc) is 3.28. The topological polar surface area (TPSA) is 95.8 Å². The van der Waals surface area contributed by atoms with Gasteiger partial charge >= 0.3 is 5.97 Å². The van der Waals surface area contributed by atoms with Crippen molar-refractivity contribution in [3.63, 3.8) is 0 Å². The molecule has 3 aromatic rings. The van der Waals surface area contributed by atoms with Gasteiger partial charge < -0.3 is 15.4 Å². The molecule has 7 nitrogen and oxygen atoms in total. The summed E-state index contributed by atoms with van der Waals surface area (Å²) >= 11 is 0. The molecule has 3 aromatic heterocycles. The van der Waals surface area contributed by atoms with Gasteiger partial charge in [0.2, 0.25) is 0 Å². The number of fused-ring (bicyclic) bond motifs is 1. The predicted octanol–water partition coefficient (Wildman–Crippen LogP) is 3.45. The van der Waals surface area contributed by atoms with E-state index in [9.17, 15) is 14.3 Å². The third-order valence-corrected chi connectivity index (χ3v) is 5.45. The van der Waals surface area contributed by atoms with Gasteiger partial charge in [-0.3, -0.25) is 9.48 Å². The molecular formula is C22H22FN5O2. The summed E-state index contributed by atoms with van der Waals surface area (Å²) in [6, 6.07) is 1.18. The highest BCUT2D eigenvalue weighted by Gasteiger charge is 2.33. The normalized spacial score (nSPS) is 20.2. The van der Waals surface area contributed by atoms with E-state index in [-0.39, 0.29) is 6.04 Å². The molecule has 3 heterocycles. The summed E-state index contributed by atoms with van der Waals surface area (Å²) in [5.41, 5.74) is 3.55. The minimum atomic E-state index is -0.809. The first-order valence-electron chi connectivity index (χ1n) is 9.76. The van der Waals surface area contributed by atoms with Crippen molar-refractivity contribution in [2.75, 3.05) is 5.32 Å². The van der Waals surface area contributed by atoms with Crippen LogP contribution in [0.5, 0.6) is 0 Å². The maximum absolute atomic E-state index is 13.5. The van der Waals surface area contributed by atoms with E-state index in [1.807, 2.05) is 13.0 Å². The van der Waals surface area contributed by atoms with Gasteiger partial charge in [-0.1, -0.05) is 17.6 Å². The van der Waals surface area contributed by atoms with Crippen molar-refractivity contribution in [1.82, 2.24) is 19.7 Å². The molecule has 0 saturated heterocycles. The van der Waals surface area contributed by atoms with E-state index in [1.54, 1.807) is 24.1 Å². The molecule has 0 spiro atoms. The monoisotopic (exact) mass is 407 g/mol. The Hall–Kier alpha value is -3.60. The van der Waals surface area contributed by atoms with E-state index < -0.39 is 17.7 Å². The van der Waals surface area contributed by atoms with Gasteiger partial charge in [0.15, 0.2) is 5.69 Å². The first kappa shape index (κ1) is 19.7. The molecule has 0 aliphatic heterocycles. The molecule has 0 amide bonds. The zero-order chi connectivity index (χ0) is 21.3. The first-order valence-corrected chi connectivity index (χ1v) is 9.76. The molecule has 0 unspecified atom stereocenters. The van der Waals surface area contributed by atoms with Gasteiger partial charge in [0, 0.05) is 30.9 Å². The van der Waals surface area contributed by atoms with Crippen LogP contribution in [-0.4, -0.2) is 36.9 Å².